The normalized spacial score (nSPS) is 22.2. The smallest absolute Gasteiger partial charge is 0.317 e. The maximum atomic E-state index is 12.3. The predicted molar refractivity (Wildman–Crippen MR) is 80.0 cm³/mol. The van der Waals surface area contributed by atoms with Crippen molar-refractivity contribution in [3.05, 3.63) is 40.3 Å². The molecule has 3 rings (SSSR count). The van der Waals surface area contributed by atoms with E-state index in [0.29, 0.717) is 19.6 Å². The van der Waals surface area contributed by atoms with Gasteiger partial charge in [-0.3, -0.25) is 5.10 Å². The molecule has 1 saturated heterocycles. The van der Waals surface area contributed by atoms with Crippen molar-refractivity contribution >= 4 is 17.4 Å². The summed E-state index contributed by atoms with van der Waals surface area (Å²) in [5.74, 6) is 0. The minimum Gasteiger partial charge on any atom is -0.367 e. The van der Waals surface area contributed by atoms with E-state index in [1.165, 1.54) is 0 Å². The molecule has 1 aliphatic rings. The Morgan fingerprint density at radius 3 is 3.19 bits per heavy atom. The van der Waals surface area contributed by atoms with E-state index in [0.717, 1.165) is 11.3 Å². The van der Waals surface area contributed by atoms with Gasteiger partial charge < -0.3 is 15.0 Å². The lowest BCUT2D eigenvalue weighted by Gasteiger charge is -2.36. The van der Waals surface area contributed by atoms with E-state index in [1.807, 2.05) is 29.3 Å². The summed E-state index contributed by atoms with van der Waals surface area (Å²) in [6.45, 7) is 3.63. The van der Waals surface area contributed by atoms with Crippen LogP contribution in [-0.4, -0.2) is 40.3 Å². The summed E-state index contributed by atoms with van der Waals surface area (Å²) in [5.41, 5.74) is 2.02. The van der Waals surface area contributed by atoms with Crippen molar-refractivity contribution in [1.29, 1.82) is 0 Å². The number of carbonyl (C=O) groups is 1. The Morgan fingerprint density at radius 1 is 1.57 bits per heavy atom. The summed E-state index contributed by atoms with van der Waals surface area (Å²) in [6.07, 6.45) is 1.66. The van der Waals surface area contributed by atoms with Gasteiger partial charge in [0.2, 0.25) is 0 Å². The highest BCUT2D eigenvalue weighted by molar-refractivity contribution is 7.07. The van der Waals surface area contributed by atoms with Gasteiger partial charge in [0.1, 0.15) is 6.10 Å². The van der Waals surface area contributed by atoms with Crippen LogP contribution in [0.3, 0.4) is 0 Å². The van der Waals surface area contributed by atoms with Gasteiger partial charge in [-0.15, -0.1) is 0 Å². The van der Waals surface area contributed by atoms with E-state index < -0.39 is 0 Å². The number of carbonyl (C=O) groups excluding carboxylic acids is 1. The number of aromatic nitrogens is 2. The molecule has 3 heterocycles. The van der Waals surface area contributed by atoms with Crippen LogP contribution in [-0.2, 0) is 11.3 Å². The first-order chi connectivity index (χ1) is 10.2. The quantitative estimate of drug-likeness (QED) is 0.913. The molecule has 0 spiro atoms. The highest BCUT2D eigenvalue weighted by Gasteiger charge is 2.29. The number of urea groups is 1. The molecule has 2 aromatic heterocycles. The molecule has 112 valence electrons. The minimum absolute atomic E-state index is 0.0292. The molecule has 0 saturated carbocycles. The number of hydrogen-bond donors (Lipinski definition) is 2. The average Bonchev–Trinajstić information content (AvgIpc) is 3.17. The summed E-state index contributed by atoms with van der Waals surface area (Å²) in [4.78, 5) is 14.1. The first kappa shape index (κ1) is 14.1. The van der Waals surface area contributed by atoms with Crippen molar-refractivity contribution in [3.8, 4) is 0 Å². The Balaban J connectivity index is 1.60. The van der Waals surface area contributed by atoms with Crippen molar-refractivity contribution < 1.29 is 9.53 Å². The Morgan fingerprint density at radius 2 is 2.48 bits per heavy atom. The zero-order valence-electron chi connectivity index (χ0n) is 11.8. The molecule has 1 fully saturated rings. The second-order valence-electron chi connectivity index (χ2n) is 5.14. The lowest BCUT2D eigenvalue weighted by Crippen LogP contribution is -2.49. The molecule has 1 aliphatic heterocycles. The monoisotopic (exact) mass is 306 g/mol. The van der Waals surface area contributed by atoms with Gasteiger partial charge in [-0.2, -0.15) is 16.4 Å². The van der Waals surface area contributed by atoms with Crippen molar-refractivity contribution in [2.45, 2.75) is 25.7 Å². The molecule has 21 heavy (non-hydrogen) atoms. The SMILES string of the molecule is CC1CN(C(=O)NCc2ccn[nH]2)CC(c2ccsc2)O1. The number of amides is 2. The number of nitrogens with one attached hydrogen (secondary N) is 2. The van der Waals surface area contributed by atoms with E-state index in [1.54, 1.807) is 17.5 Å². The van der Waals surface area contributed by atoms with Gasteiger partial charge in [0.05, 0.1) is 24.9 Å². The molecular weight excluding hydrogens is 288 g/mol. The van der Waals surface area contributed by atoms with E-state index in [-0.39, 0.29) is 18.2 Å². The molecule has 2 unspecified atom stereocenters. The number of morpholine rings is 1. The lowest BCUT2D eigenvalue weighted by molar-refractivity contribution is -0.0655. The number of H-pyrrole nitrogens is 1. The van der Waals surface area contributed by atoms with Crippen LogP contribution in [0.4, 0.5) is 4.79 Å². The zero-order chi connectivity index (χ0) is 14.7. The molecule has 0 aliphatic carbocycles. The molecule has 2 amide bonds. The van der Waals surface area contributed by atoms with Gasteiger partial charge in [0.25, 0.3) is 0 Å². The third kappa shape index (κ3) is 3.43. The van der Waals surface area contributed by atoms with Crippen LogP contribution in [0.2, 0.25) is 0 Å². The van der Waals surface area contributed by atoms with Crippen LogP contribution in [0.15, 0.2) is 29.1 Å². The fraction of sp³-hybridized carbons (Fsp3) is 0.429. The lowest BCUT2D eigenvalue weighted by atomic mass is 10.1. The molecule has 0 aromatic carbocycles. The molecule has 7 heteroatoms. The first-order valence-corrected chi connectivity index (χ1v) is 7.85. The standard InChI is InChI=1S/C14H18N4O2S/c1-10-7-18(8-13(20-10)11-3-5-21-9-11)14(19)15-6-12-2-4-16-17-12/h2-5,9-10,13H,6-8H2,1H3,(H,15,19)(H,16,17). The van der Waals surface area contributed by atoms with E-state index >= 15 is 0 Å². The van der Waals surface area contributed by atoms with Crippen LogP contribution >= 0.6 is 11.3 Å². The fourth-order valence-corrected chi connectivity index (χ4v) is 3.13. The average molecular weight is 306 g/mol. The second-order valence-corrected chi connectivity index (χ2v) is 5.92. The molecule has 2 atom stereocenters. The summed E-state index contributed by atoms with van der Waals surface area (Å²) >= 11 is 1.64. The van der Waals surface area contributed by atoms with Crippen LogP contribution in [0.5, 0.6) is 0 Å². The maximum absolute atomic E-state index is 12.3. The van der Waals surface area contributed by atoms with Crippen molar-refractivity contribution in [3.63, 3.8) is 0 Å². The van der Waals surface area contributed by atoms with Gasteiger partial charge in [-0.05, 0) is 35.4 Å². The van der Waals surface area contributed by atoms with Crippen molar-refractivity contribution in [2.75, 3.05) is 13.1 Å². The predicted octanol–water partition coefficient (Wildman–Crippen LogP) is 2.14. The summed E-state index contributed by atoms with van der Waals surface area (Å²) in [7, 11) is 0. The summed E-state index contributed by atoms with van der Waals surface area (Å²) < 4.78 is 5.93. The summed E-state index contributed by atoms with van der Waals surface area (Å²) in [6, 6.07) is 3.82. The van der Waals surface area contributed by atoms with E-state index in [4.69, 9.17) is 4.74 Å². The van der Waals surface area contributed by atoms with Crippen LogP contribution in [0.25, 0.3) is 0 Å². The molecule has 2 N–H and O–H groups in total. The number of rotatable bonds is 3. The third-order valence-electron chi connectivity index (χ3n) is 3.45. The van der Waals surface area contributed by atoms with Gasteiger partial charge in [0.15, 0.2) is 0 Å². The first-order valence-electron chi connectivity index (χ1n) is 6.91. The Bertz CT molecular complexity index is 570. The van der Waals surface area contributed by atoms with Gasteiger partial charge in [-0.1, -0.05) is 0 Å². The number of thiophene rings is 1. The number of ether oxygens (including phenoxy) is 1. The largest absolute Gasteiger partial charge is 0.367 e. The Hall–Kier alpha value is -1.86. The van der Waals surface area contributed by atoms with Crippen molar-refractivity contribution in [1.82, 2.24) is 20.4 Å². The highest BCUT2D eigenvalue weighted by atomic mass is 32.1. The maximum Gasteiger partial charge on any atom is 0.317 e. The number of hydrogen-bond acceptors (Lipinski definition) is 4. The molecular formula is C14H18N4O2S. The van der Waals surface area contributed by atoms with Gasteiger partial charge >= 0.3 is 6.03 Å². The van der Waals surface area contributed by atoms with Crippen molar-refractivity contribution in [2.24, 2.45) is 0 Å². The molecule has 2 aromatic rings. The van der Waals surface area contributed by atoms with E-state index in [9.17, 15) is 4.79 Å². The second kappa shape index (κ2) is 6.28. The highest BCUT2D eigenvalue weighted by Crippen LogP contribution is 2.26. The molecule has 6 nitrogen and oxygen atoms in total. The number of aromatic amines is 1. The minimum atomic E-state index is -0.0695. The molecule has 0 radical (unpaired) electrons. The topological polar surface area (TPSA) is 70.2 Å². The molecule has 0 bridgehead atoms. The summed E-state index contributed by atoms with van der Waals surface area (Å²) in [5, 5.41) is 13.7. The zero-order valence-corrected chi connectivity index (χ0v) is 12.6. The fourth-order valence-electron chi connectivity index (χ4n) is 2.43. The van der Waals surface area contributed by atoms with Crippen LogP contribution < -0.4 is 5.32 Å². The Labute approximate surface area is 127 Å². The van der Waals surface area contributed by atoms with Gasteiger partial charge in [0, 0.05) is 12.7 Å². The Kier molecular flexibility index (Phi) is 4.21. The van der Waals surface area contributed by atoms with E-state index in [2.05, 4.69) is 20.9 Å². The van der Waals surface area contributed by atoms with Crippen LogP contribution in [0, 0.1) is 0 Å². The van der Waals surface area contributed by atoms with Crippen LogP contribution in [0.1, 0.15) is 24.3 Å². The van der Waals surface area contributed by atoms with Gasteiger partial charge in [-0.25, -0.2) is 4.79 Å². The third-order valence-corrected chi connectivity index (χ3v) is 4.15. The number of nitrogens with zero attached hydrogens (tertiary/aromatic N) is 2.